The van der Waals surface area contributed by atoms with E-state index in [1.54, 1.807) is 0 Å². The molecule has 3 rings (SSSR count). The smallest absolute Gasteiger partial charge is 0.0384 e. The molecule has 0 saturated heterocycles. The summed E-state index contributed by atoms with van der Waals surface area (Å²) in [6.45, 7) is 2.29. The minimum absolute atomic E-state index is 0.326. The molecule has 0 spiro atoms. The number of hydrogen-bond acceptors (Lipinski definition) is 1. The van der Waals surface area contributed by atoms with Crippen LogP contribution in [0.2, 0.25) is 0 Å². The molecular formula is C20H21N. The van der Waals surface area contributed by atoms with Crippen LogP contribution in [0.1, 0.15) is 30.0 Å². The first-order valence-corrected chi connectivity index (χ1v) is 7.50. The van der Waals surface area contributed by atoms with Crippen molar-refractivity contribution in [2.75, 3.05) is 7.05 Å². The van der Waals surface area contributed by atoms with Crippen molar-refractivity contribution in [1.82, 2.24) is 5.32 Å². The van der Waals surface area contributed by atoms with Crippen LogP contribution in [-0.4, -0.2) is 7.05 Å². The summed E-state index contributed by atoms with van der Waals surface area (Å²) in [7, 11) is 2.04. The van der Waals surface area contributed by atoms with Gasteiger partial charge in [0.25, 0.3) is 0 Å². The summed E-state index contributed by atoms with van der Waals surface area (Å²) in [5.41, 5.74) is 2.71. The van der Waals surface area contributed by atoms with Crippen LogP contribution in [0.4, 0.5) is 0 Å². The molecule has 0 saturated carbocycles. The van der Waals surface area contributed by atoms with Crippen LogP contribution < -0.4 is 5.32 Å². The van der Waals surface area contributed by atoms with Gasteiger partial charge >= 0.3 is 0 Å². The van der Waals surface area contributed by atoms with Gasteiger partial charge in [-0.15, -0.1) is 0 Å². The number of benzene rings is 3. The lowest BCUT2D eigenvalue weighted by molar-refractivity contribution is 0.508. The topological polar surface area (TPSA) is 12.0 Å². The molecule has 1 heteroatoms. The summed E-state index contributed by atoms with van der Waals surface area (Å²) in [4.78, 5) is 0. The summed E-state index contributed by atoms with van der Waals surface area (Å²) in [5.74, 6) is 0.419. The zero-order valence-corrected chi connectivity index (χ0v) is 12.6. The molecule has 21 heavy (non-hydrogen) atoms. The van der Waals surface area contributed by atoms with Crippen molar-refractivity contribution in [3.8, 4) is 0 Å². The van der Waals surface area contributed by atoms with Gasteiger partial charge in [-0.25, -0.2) is 0 Å². The maximum absolute atomic E-state index is 3.46. The Hall–Kier alpha value is -2.12. The summed E-state index contributed by atoms with van der Waals surface area (Å²) in [6, 6.07) is 26.3. The molecule has 1 nitrogen and oxygen atoms in total. The van der Waals surface area contributed by atoms with Crippen LogP contribution in [0, 0.1) is 0 Å². The molecule has 0 fully saturated rings. The fourth-order valence-electron chi connectivity index (χ4n) is 3.05. The van der Waals surface area contributed by atoms with E-state index in [2.05, 4.69) is 85.0 Å². The van der Waals surface area contributed by atoms with Crippen LogP contribution in [0.15, 0.2) is 72.8 Å². The first-order valence-electron chi connectivity index (χ1n) is 7.50. The molecule has 3 aromatic rings. The second-order valence-electron chi connectivity index (χ2n) is 5.57. The Morgan fingerprint density at radius 3 is 2.10 bits per heavy atom. The molecule has 106 valence electrons. The Balaban J connectivity index is 1.96. The van der Waals surface area contributed by atoms with Gasteiger partial charge in [-0.05, 0) is 28.9 Å². The highest BCUT2D eigenvalue weighted by atomic mass is 14.9. The van der Waals surface area contributed by atoms with Crippen LogP contribution in [0.25, 0.3) is 10.8 Å². The SMILES string of the molecule is CN[C@@H](c1ccccc1)[C@@H](C)c1ccc2ccccc2c1. The Labute approximate surface area is 126 Å². The number of hydrogen-bond donors (Lipinski definition) is 1. The Morgan fingerprint density at radius 1 is 0.714 bits per heavy atom. The van der Waals surface area contributed by atoms with Crippen molar-refractivity contribution < 1.29 is 0 Å². The van der Waals surface area contributed by atoms with E-state index in [1.165, 1.54) is 21.9 Å². The summed E-state index contributed by atoms with van der Waals surface area (Å²) >= 11 is 0. The predicted octanol–water partition coefficient (Wildman–Crippen LogP) is 4.90. The molecule has 0 radical (unpaired) electrons. The summed E-state index contributed by atoms with van der Waals surface area (Å²) in [6.07, 6.45) is 0. The van der Waals surface area contributed by atoms with E-state index in [4.69, 9.17) is 0 Å². The number of fused-ring (bicyclic) bond motifs is 1. The highest BCUT2D eigenvalue weighted by Gasteiger charge is 2.19. The van der Waals surface area contributed by atoms with Gasteiger partial charge in [-0.2, -0.15) is 0 Å². The van der Waals surface area contributed by atoms with Gasteiger partial charge in [0, 0.05) is 12.0 Å². The van der Waals surface area contributed by atoms with E-state index in [1.807, 2.05) is 7.05 Å². The highest BCUT2D eigenvalue weighted by molar-refractivity contribution is 5.83. The fourth-order valence-corrected chi connectivity index (χ4v) is 3.05. The van der Waals surface area contributed by atoms with Crippen LogP contribution in [0.5, 0.6) is 0 Å². The molecule has 2 atom stereocenters. The normalized spacial score (nSPS) is 14.0. The minimum atomic E-state index is 0.326. The van der Waals surface area contributed by atoms with E-state index in [-0.39, 0.29) is 0 Å². The third-order valence-electron chi connectivity index (χ3n) is 4.27. The lowest BCUT2D eigenvalue weighted by Gasteiger charge is -2.25. The van der Waals surface area contributed by atoms with Crippen molar-refractivity contribution in [3.63, 3.8) is 0 Å². The van der Waals surface area contributed by atoms with Crippen molar-refractivity contribution >= 4 is 10.8 Å². The summed E-state index contributed by atoms with van der Waals surface area (Å²) in [5, 5.41) is 6.07. The lowest BCUT2D eigenvalue weighted by atomic mass is 9.87. The molecule has 3 aromatic carbocycles. The second kappa shape index (κ2) is 6.11. The Morgan fingerprint density at radius 2 is 1.38 bits per heavy atom. The van der Waals surface area contributed by atoms with Crippen molar-refractivity contribution in [1.29, 1.82) is 0 Å². The van der Waals surface area contributed by atoms with Gasteiger partial charge in [0.1, 0.15) is 0 Å². The second-order valence-corrected chi connectivity index (χ2v) is 5.57. The average molecular weight is 275 g/mol. The van der Waals surface area contributed by atoms with E-state index >= 15 is 0 Å². The van der Waals surface area contributed by atoms with Crippen molar-refractivity contribution in [3.05, 3.63) is 83.9 Å². The van der Waals surface area contributed by atoms with Crippen LogP contribution in [-0.2, 0) is 0 Å². The Kier molecular flexibility index (Phi) is 4.03. The average Bonchev–Trinajstić information content (AvgIpc) is 2.56. The van der Waals surface area contributed by atoms with Gasteiger partial charge in [0.05, 0.1) is 0 Å². The third-order valence-corrected chi connectivity index (χ3v) is 4.27. The zero-order valence-electron chi connectivity index (χ0n) is 12.6. The number of likely N-dealkylation sites (N-methyl/N-ethyl adjacent to an activating group) is 1. The van der Waals surface area contributed by atoms with Gasteiger partial charge in [0.15, 0.2) is 0 Å². The van der Waals surface area contributed by atoms with E-state index < -0.39 is 0 Å². The van der Waals surface area contributed by atoms with Crippen LogP contribution >= 0.6 is 0 Å². The zero-order chi connectivity index (χ0) is 14.7. The van der Waals surface area contributed by atoms with E-state index in [0.717, 1.165) is 0 Å². The minimum Gasteiger partial charge on any atom is -0.312 e. The monoisotopic (exact) mass is 275 g/mol. The van der Waals surface area contributed by atoms with Crippen molar-refractivity contribution in [2.45, 2.75) is 18.9 Å². The Bertz CT molecular complexity index is 718. The third kappa shape index (κ3) is 2.84. The number of nitrogens with one attached hydrogen (secondary N) is 1. The first kappa shape index (κ1) is 13.8. The molecule has 0 aliphatic carbocycles. The quantitative estimate of drug-likeness (QED) is 0.714. The van der Waals surface area contributed by atoms with E-state index in [9.17, 15) is 0 Å². The summed E-state index contributed by atoms with van der Waals surface area (Å²) < 4.78 is 0. The number of rotatable bonds is 4. The highest BCUT2D eigenvalue weighted by Crippen LogP contribution is 2.31. The molecule has 0 amide bonds. The van der Waals surface area contributed by atoms with Crippen molar-refractivity contribution in [2.24, 2.45) is 0 Å². The predicted molar refractivity (Wildman–Crippen MR) is 90.6 cm³/mol. The molecule has 0 bridgehead atoms. The maximum Gasteiger partial charge on any atom is 0.0384 e. The van der Waals surface area contributed by atoms with Gasteiger partial charge < -0.3 is 5.32 Å². The van der Waals surface area contributed by atoms with Gasteiger partial charge in [-0.3, -0.25) is 0 Å². The van der Waals surface area contributed by atoms with Crippen LogP contribution in [0.3, 0.4) is 0 Å². The first-order chi connectivity index (χ1) is 10.3. The largest absolute Gasteiger partial charge is 0.312 e. The molecule has 0 unspecified atom stereocenters. The van der Waals surface area contributed by atoms with E-state index in [0.29, 0.717) is 12.0 Å². The van der Waals surface area contributed by atoms with Gasteiger partial charge in [0.2, 0.25) is 0 Å². The molecule has 0 aliphatic heterocycles. The molecule has 0 aromatic heterocycles. The maximum atomic E-state index is 3.46. The molecule has 0 aliphatic rings. The fraction of sp³-hybridized carbons (Fsp3) is 0.200. The molecular weight excluding hydrogens is 254 g/mol. The van der Waals surface area contributed by atoms with Gasteiger partial charge in [-0.1, -0.05) is 79.7 Å². The molecule has 0 heterocycles. The standard InChI is InChI=1S/C20H21N/c1-15(20(21-2)17-9-4-3-5-10-17)18-13-12-16-8-6-7-11-19(16)14-18/h3-15,20-21H,1-2H3/t15-,20+/m0/s1. The molecule has 1 N–H and O–H groups in total. The lowest BCUT2D eigenvalue weighted by Crippen LogP contribution is -2.22.